The standard InChI is InChI=1S/C19H19FN2O3/c1-2-16-19(24)22(15-5-3-4-6-17(15)25-16)12-18(23)21-11-13-7-9-14(20)10-8-13/h3-10,16H,2,11-12H2,1H3,(H,21,23). The Kier molecular flexibility index (Phi) is 4.97. The number of hydrogen-bond donors (Lipinski definition) is 1. The molecule has 1 heterocycles. The number of hydrogen-bond acceptors (Lipinski definition) is 3. The highest BCUT2D eigenvalue weighted by molar-refractivity contribution is 6.03. The van der Waals surface area contributed by atoms with Gasteiger partial charge in [-0.15, -0.1) is 0 Å². The molecule has 3 rings (SSSR count). The summed E-state index contributed by atoms with van der Waals surface area (Å²) in [6, 6.07) is 13.1. The molecule has 5 nitrogen and oxygen atoms in total. The first-order chi connectivity index (χ1) is 12.1. The first-order valence-electron chi connectivity index (χ1n) is 8.16. The number of halogens is 1. The van der Waals surface area contributed by atoms with Gasteiger partial charge in [0.2, 0.25) is 5.91 Å². The van der Waals surface area contributed by atoms with E-state index in [9.17, 15) is 14.0 Å². The molecule has 2 aromatic carbocycles. The maximum Gasteiger partial charge on any atom is 0.268 e. The van der Waals surface area contributed by atoms with Crippen molar-refractivity contribution >= 4 is 17.5 Å². The van der Waals surface area contributed by atoms with Crippen LogP contribution in [0.3, 0.4) is 0 Å². The average molecular weight is 342 g/mol. The molecule has 0 fully saturated rings. The summed E-state index contributed by atoms with van der Waals surface area (Å²) >= 11 is 0. The van der Waals surface area contributed by atoms with E-state index in [1.54, 1.807) is 30.3 Å². The Bertz CT molecular complexity index is 776. The zero-order chi connectivity index (χ0) is 17.8. The maximum absolute atomic E-state index is 12.9. The molecule has 1 unspecified atom stereocenters. The van der Waals surface area contributed by atoms with Crippen LogP contribution in [0.15, 0.2) is 48.5 Å². The molecule has 1 aliphatic heterocycles. The maximum atomic E-state index is 12.9. The van der Waals surface area contributed by atoms with Crippen molar-refractivity contribution in [1.29, 1.82) is 0 Å². The minimum absolute atomic E-state index is 0.0864. The van der Waals surface area contributed by atoms with Gasteiger partial charge < -0.3 is 10.1 Å². The van der Waals surface area contributed by atoms with Gasteiger partial charge in [0.05, 0.1) is 5.69 Å². The van der Waals surface area contributed by atoms with E-state index in [0.717, 1.165) is 5.56 Å². The van der Waals surface area contributed by atoms with Crippen LogP contribution >= 0.6 is 0 Å². The number of nitrogens with one attached hydrogen (secondary N) is 1. The summed E-state index contributed by atoms with van der Waals surface area (Å²) in [6.07, 6.45) is -0.0549. The third kappa shape index (κ3) is 3.79. The van der Waals surface area contributed by atoms with Gasteiger partial charge in [0.1, 0.15) is 18.1 Å². The van der Waals surface area contributed by atoms with Crippen molar-refractivity contribution in [1.82, 2.24) is 5.32 Å². The molecule has 0 aliphatic carbocycles. The van der Waals surface area contributed by atoms with E-state index in [2.05, 4.69) is 5.32 Å². The fourth-order valence-corrected chi connectivity index (χ4v) is 2.70. The molecule has 0 saturated carbocycles. The van der Waals surface area contributed by atoms with Gasteiger partial charge in [-0.3, -0.25) is 14.5 Å². The van der Waals surface area contributed by atoms with Gasteiger partial charge >= 0.3 is 0 Å². The lowest BCUT2D eigenvalue weighted by Gasteiger charge is -2.33. The first kappa shape index (κ1) is 17.0. The molecule has 0 spiro atoms. The summed E-state index contributed by atoms with van der Waals surface area (Å²) < 4.78 is 18.6. The zero-order valence-corrected chi connectivity index (χ0v) is 13.9. The molecule has 0 bridgehead atoms. The molecule has 1 N–H and O–H groups in total. The number of para-hydroxylation sites is 2. The monoisotopic (exact) mass is 342 g/mol. The number of amides is 2. The molecule has 0 radical (unpaired) electrons. The fraction of sp³-hybridized carbons (Fsp3) is 0.263. The Morgan fingerprint density at radius 2 is 1.92 bits per heavy atom. The quantitative estimate of drug-likeness (QED) is 0.909. The van der Waals surface area contributed by atoms with Gasteiger partial charge in [-0.25, -0.2) is 4.39 Å². The molecule has 1 atom stereocenters. The van der Waals surface area contributed by atoms with Crippen LogP contribution in [0.2, 0.25) is 0 Å². The van der Waals surface area contributed by atoms with E-state index >= 15 is 0 Å². The zero-order valence-electron chi connectivity index (χ0n) is 13.9. The Morgan fingerprint density at radius 3 is 2.64 bits per heavy atom. The second kappa shape index (κ2) is 7.34. The summed E-state index contributed by atoms with van der Waals surface area (Å²) in [5, 5.41) is 2.75. The Morgan fingerprint density at radius 1 is 1.20 bits per heavy atom. The molecular weight excluding hydrogens is 323 g/mol. The predicted molar refractivity (Wildman–Crippen MR) is 91.7 cm³/mol. The highest BCUT2D eigenvalue weighted by Crippen LogP contribution is 2.34. The average Bonchev–Trinajstić information content (AvgIpc) is 2.63. The minimum atomic E-state index is -0.584. The van der Waals surface area contributed by atoms with Crippen molar-refractivity contribution in [3.63, 3.8) is 0 Å². The van der Waals surface area contributed by atoms with E-state index in [0.29, 0.717) is 17.9 Å². The molecular formula is C19H19FN2O3. The molecule has 1 aliphatic rings. The summed E-state index contributed by atoms with van der Waals surface area (Å²) in [4.78, 5) is 26.3. The second-order valence-electron chi connectivity index (χ2n) is 5.81. The van der Waals surface area contributed by atoms with Gasteiger partial charge in [-0.1, -0.05) is 31.2 Å². The van der Waals surface area contributed by atoms with E-state index in [-0.39, 0.29) is 30.7 Å². The topological polar surface area (TPSA) is 58.6 Å². The van der Waals surface area contributed by atoms with E-state index < -0.39 is 6.10 Å². The van der Waals surface area contributed by atoms with Crippen LogP contribution in [0.4, 0.5) is 10.1 Å². The number of benzene rings is 2. The summed E-state index contributed by atoms with van der Waals surface area (Å²) in [6.45, 7) is 2.05. The smallest absolute Gasteiger partial charge is 0.268 e. The number of anilines is 1. The summed E-state index contributed by atoms with van der Waals surface area (Å²) in [5.41, 5.74) is 1.38. The van der Waals surface area contributed by atoms with E-state index in [1.165, 1.54) is 17.0 Å². The van der Waals surface area contributed by atoms with Crippen LogP contribution in [-0.4, -0.2) is 24.5 Å². The number of nitrogens with zero attached hydrogens (tertiary/aromatic N) is 1. The van der Waals surface area contributed by atoms with Crippen molar-refractivity contribution < 1.29 is 18.7 Å². The normalized spacial score (nSPS) is 16.2. The minimum Gasteiger partial charge on any atom is -0.478 e. The van der Waals surface area contributed by atoms with Crippen LogP contribution in [0.1, 0.15) is 18.9 Å². The van der Waals surface area contributed by atoms with Gasteiger partial charge in [-0.2, -0.15) is 0 Å². The van der Waals surface area contributed by atoms with Crippen LogP contribution < -0.4 is 15.0 Å². The van der Waals surface area contributed by atoms with Gasteiger partial charge in [-0.05, 0) is 36.2 Å². The molecule has 25 heavy (non-hydrogen) atoms. The third-order valence-corrected chi connectivity index (χ3v) is 4.04. The van der Waals surface area contributed by atoms with Crippen LogP contribution in [-0.2, 0) is 16.1 Å². The van der Waals surface area contributed by atoms with Crippen LogP contribution in [0.5, 0.6) is 5.75 Å². The van der Waals surface area contributed by atoms with Gasteiger partial charge in [0.25, 0.3) is 5.91 Å². The number of rotatable bonds is 5. The van der Waals surface area contributed by atoms with E-state index in [4.69, 9.17) is 4.74 Å². The SMILES string of the molecule is CCC1Oc2ccccc2N(CC(=O)NCc2ccc(F)cc2)C1=O. The summed E-state index contributed by atoms with van der Waals surface area (Å²) in [5.74, 6) is -0.237. The first-order valence-corrected chi connectivity index (χ1v) is 8.16. The van der Waals surface area contributed by atoms with E-state index in [1.807, 2.05) is 13.0 Å². The lowest BCUT2D eigenvalue weighted by Crippen LogP contribution is -2.49. The predicted octanol–water partition coefficient (Wildman–Crippen LogP) is 2.65. The Balaban J connectivity index is 1.69. The second-order valence-corrected chi connectivity index (χ2v) is 5.81. The Labute approximate surface area is 145 Å². The third-order valence-electron chi connectivity index (χ3n) is 4.04. The van der Waals surface area contributed by atoms with Crippen molar-refractivity contribution in [2.45, 2.75) is 26.0 Å². The largest absolute Gasteiger partial charge is 0.478 e. The Hall–Kier alpha value is -2.89. The lowest BCUT2D eigenvalue weighted by atomic mass is 10.1. The van der Waals surface area contributed by atoms with Crippen LogP contribution in [0.25, 0.3) is 0 Å². The van der Waals surface area contributed by atoms with Crippen molar-refractivity contribution in [2.24, 2.45) is 0 Å². The van der Waals surface area contributed by atoms with Crippen molar-refractivity contribution in [3.8, 4) is 5.75 Å². The number of carbonyl (C=O) groups is 2. The number of carbonyl (C=O) groups excluding carboxylic acids is 2. The highest BCUT2D eigenvalue weighted by Gasteiger charge is 2.34. The van der Waals surface area contributed by atoms with Crippen LogP contribution in [0, 0.1) is 5.82 Å². The van der Waals surface area contributed by atoms with Gasteiger partial charge in [0.15, 0.2) is 6.10 Å². The number of fused-ring (bicyclic) bond motifs is 1. The van der Waals surface area contributed by atoms with Gasteiger partial charge in [0, 0.05) is 6.54 Å². The fourth-order valence-electron chi connectivity index (χ4n) is 2.70. The van der Waals surface area contributed by atoms with Crippen molar-refractivity contribution in [2.75, 3.05) is 11.4 Å². The molecule has 2 aromatic rings. The molecule has 130 valence electrons. The lowest BCUT2D eigenvalue weighted by molar-refractivity contribution is -0.129. The molecule has 2 amide bonds. The summed E-state index contributed by atoms with van der Waals surface area (Å²) in [7, 11) is 0. The molecule has 6 heteroatoms. The number of ether oxygens (including phenoxy) is 1. The highest BCUT2D eigenvalue weighted by atomic mass is 19.1. The van der Waals surface area contributed by atoms with Crippen molar-refractivity contribution in [3.05, 3.63) is 59.9 Å². The molecule has 0 saturated heterocycles. The molecule has 0 aromatic heterocycles.